The molecule has 0 fully saturated rings. The molecule has 1 amide bonds. The maximum Gasteiger partial charge on any atom is 0.257 e. The Balaban J connectivity index is 2.16. The monoisotopic (exact) mass is 308 g/mol. The molecule has 0 saturated carbocycles. The molecule has 21 heavy (non-hydrogen) atoms. The van der Waals surface area contributed by atoms with Crippen molar-refractivity contribution in [3.63, 3.8) is 0 Å². The van der Waals surface area contributed by atoms with Crippen LogP contribution in [0.15, 0.2) is 40.2 Å². The summed E-state index contributed by atoms with van der Waals surface area (Å²) in [7, 11) is -3.91. The summed E-state index contributed by atoms with van der Waals surface area (Å²) in [5.74, 6) is -1.76. The van der Waals surface area contributed by atoms with E-state index in [1.54, 1.807) is 18.2 Å². The number of aromatic amines is 1. The number of primary sulfonamides is 1. The second-order valence-electron chi connectivity index (χ2n) is 4.24. The molecule has 110 valence electrons. The molecule has 0 saturated heterocycles. The molecular formula is C12H12N4O4S. The fourth-order valence-electron chi connectivity index (χ4n) is 1.65. The number of fused-ring (bicyclic) bond motifs is 1. The second kappa shape index (κ2) is 5.85. The normalized spacial score (nSPS) is 11.9. The van der Waals surface area contributed by atoms with Gasteiger partial charge in [0.1, 0.15) is 5.75 Å². The van der Waals surface area contributed by atoms with Gasteiger partial charge in [0.15, 0.2) is 0 Å². The number of benzene rings is 1. The van der Waals surface area contributed by atoms with Crippen LogP contribution >= 0.6 is 0 Å². The van der Waals surface area contributed by atoms with Crippen molar-refractivity contribution in [2.75, 3.05) is 5.75 Å². The molecule has 2 rings (SSSR count). The van der Waals surface area contributed by atoms with Crippen LogP contribution in [-0.2, 0) is 14.8 Å². The predicted molar refractivity (Wildman–Crippen MR) is 78.3 cm³/mol. The van der Waals surface area contributed by atoms with E-state index in [-0.39, 0.29) is 11.1 Å². The van der Waals surface area contributed by atoms with E-state index in [1.165, 1.54) is 0 Å². The standard InChI is InChI=1S/C12H12N4O4S/c13-21(19,20)7-11(17)16-14-6-9-5-8-3-1-2-4-10(8)15-12(9)18/h1-6H,7H2,(H,15,18)(H,16,17)(H2,13,19,20)/b14-6+. The summed E-state index contributed by atoms with van der Waals surface area (Å²) in [6, 6.07) is 8.77. The molecular weight excluding hydrogens is 296 g/mol. The Morgan fingerprint density at radius 2 is 2.10 bits per heavy atom. The number of carbonyl (C=O) groups is 1. The molecule has 1 heterocycles. The Labute approximate surface area is 119 Å². The number of rotatable bonds is 4. The number of hydrogen-bond acceptors (Lipinski definition) is 5. The summed E-state index contributed by atoms with van der Waals surface area (Å²) in [4.78, 5) is 25.6. The van der Waals surface area contributed by atoms with Gasteiger partial charge in [-0.2, -0.15) is 5.10 Å². The third kappa shape index (κ3) is 4.23. The van der Waals surface area contributed by atoms with Gasteiger partial charge in [-0.05, 0) is 17.5 Å². The first kappa shape index (κ1) is 14.9. The van der Waals surface area contributed by atoms with Crippen molar-refractivity contribution in [1.29, 1.82) is 0 Å². The van der Waals surface area contributed by atoms with Crippen LogP contribution in [0.25, 0.3) is 10.9 Å². The zero-order chi connectivity index (χ0) is 15.5. The van der Waals surface area contributed by atoms with Crippen molar-refractivity contribution in [3.8, 4) is 0 Å². The minimum atomic E-state index is -3.91. The highest BCUT2D eigenvalue weighted by Gasteiger charge is 2.10. The van der Waals surface area contributed by atoms with E-state index in [9.17, 15) is 18.0 Å². The number of amides is 1. The van der Waals surface area contributed by atoms with E-state index in [0.29, 0.717) is 5.52 Å². The number of aromatic nitrogens is 1. The average molecular weight is 308 g/mol. The van der Waals surface area contributed by atoms with Crippen LogP contribution < -0.4 is 16.1 Å². The Morgan fingerprint density at radius 3 is 2.81 bits per heavy atom. The Morgan fingerprint density at radius 1 is 1.38 bits per heavy atom. The number of pyridine rings is 1. The molecule has 8 nitrogen and oxygen atoms in total. The van der Waals surface area contributed by atoms with Crippen LogP contribution in [0.4, 0.5) is 0 Å². The summed E-state index contributed by atoms with van der Waals surface area (Å²) in [6.45, 7) is 0. The first-order valence-corrected chi connectivity index (χ1v) is 7.51. The SMILES string of the molecule is NS(=O)(=O)CC(=O)N/N=C/c1cc2ccccc2[nH]c1=O. The highest BCUT2D eigenvalue weighted by atomic mass is 32.2. The van der Waals surface area contributed by atoms with Gasteiger partial charge in [-0.15, -0.1) is 0 Å². The van der Waals surface area contributed by atoms with Gasteiger partial charge in [-0.3, -0.25) is 9.59 Å². The van der Waals surface area contributed by atoms with Gasteiger partial charge in [-0.1, -0.05) is 18.2 Å². The molecule has 0 aliphatic heterocycles. The molecule has 0 spiro atoms. The molecule has 9 heteroatoms. The predicted octanol–water partition coefficient (Wildman–Crippen LogP) is -0.733. The molecule has 4 N–H and O–H groups in total. The van der Waals surface area contributed by atoms with E-state index in [0.717, 1.165) is 11.6 Å². The van der Waals surface area contributed by atoms with E-state index < -0.39 is 21.7 Å². The zero-order valence-corrected chi connectivity index (χ0v) is 11.6. The average Bonchev–Trinajstić information content (AvgIpc) is 2.37. The van der Waals surface area contributed by atoms with Crippen LogP contribution in [0, 0.1) is 0 Å². The Hall–Kier alpha value is -2.52. The topological polar surface area (TPSA) is 134 Å². The van der Waals surface area contributed by atoms with E-state index in [1.807, 2.05) is 17.6 Å². The lowest BCUT2D eigenvalue weighted by atomic mass is 10.2. The Bertz CT molecular complexity index is 870. The second-order valence-corrected chi connectivity index (χ2v) is 5.86. The summed E-state index contributed by atoms with van der Waals surface area (Å²) in [6.07, 6.45) is 1.13. The molecule has 0 bridgehead atoms. The first-order chi connectivity index (χ1) is 9.85. The maximum atomic E-state index is 11.8. The Kier molecular flexibility index (Phi) is 4.15. The van der Waals surface area contributed by atoms with E-state index >= 15 is 0 Å². The minimum Gasteiger partial charge on any atom is -0.321 e. The smallest absolute Gasteiger partial charge is 0.257 e. The van der Waals surface area contributed by atoms with Gasteiger partial charge in [-0.25, -0.2) is 19.0 Å². The molecule has 2 aromatic rings. The number of hydrazone groups is 1. The van der Waals surface area contributed by atoms with Crippen molar-refractivity contribution in [3.05, 3.63) is 46.2 Å². The molecule has 0 aliphatic rings. The van der Waals surface area contributed by atoms with Gasteiger partial charge in [0, 0.05) is 5.52 Å². The van der Waals surface area contributed by atoms with E-state index in [4.69, 9.17) is 5.14 Å². The van der Waals surface area contributed by atoms with Crippen molar-refractivity contribution in [1.82, 2.24) is 10.4 Å². The van der Waals surface area contributed by atoms with Crippen LogP contribution in [-0.4, -0.2) is 31.3 Å². The van der Waals surface area contributed by atoms with Gasteiger partial charge in [0.2, 0.25) is 10.0 Å². The van der Waals surface area contributed by atoms with Crippen molar-refractivity contribution >= 4 is 33.0 Å². The van der Waals surface area contributed by atoms with Crippen LogP contribution in [0.2, 0.25) is 0 Å². The molecule has 1 aromatic heterocycles. The molecule has 0 atom stereocenters. The fraction of sp³-hybridized carbons (Fsp3) is 0.0833. The summed E-state index contributed by atoms with van der Waals surface area (Å²) in [5.41, 5.74) is 2.51. The molecule has 0 unspecified atom stereocenters. The maximum absolute atomic E-state index is 11.8. The van der Waals surface area contributed by atoms with Crippen molar-refractivity contribution < 1.29 is 13.2 Å². The number of para-hydroxylation sites is 1. The summed E-state index contributed by atoms with van der Waals surface area (Å²) >= 11 is 0. The highest BCUT2D eigenvalue weighted by molar-refractivity contribution is 7.89. The third-order valence-electron chi connectivity index (χ3n) is 2.51. The molecule has 0 aliphatic carbocycles. The van der Waals surface area contributed by atoms with Gasteiger partial charge >= 0.3 is 0 Å². The van der Waals surface area contributed by atoms with Crippen LogP contribution in [0.1, 0.15) is 5.56 Å². The number of nitrogens with one attached hydrogen (secondary N) is 2. The largest absolute Gasteiger partial charge is 0.321 e. The van der Waals surface area contributed by atoms with Gasteiger partial charge in [0.25, 0.3) is 11.5 Å². The van der Waals surface area contributed by atoms with Gasteiger partial charge < -0.3 is 4.98 Å². The quantitative estimate of drug-likeness (QED) is 0.506. The minimum absolute atomic E-state index is 0.226. The fourth-order valence-corrected chi connectivity index (χ4v) is 2.08. The van der Waals surface area contributed by atoms with Crippen LogP contribution in [0.5, 0.6) is 0 Å². The summed E-state index contributed by atoms with van der Waals surface area (Å²) < 4.78 is 21.4. The van der Waals surface area contributed by atoms with Crippen molar-refractivity contribution in [2.45, 2.75) is 0 Å². The van der Waals surface area contributed by atoms with Gasteiger partial charge in [0.05, 0.1) is 11.8 Å². The molecule has 1 aromatic carbocycles. The highest BCUT2D eigenvalue weighted by Crippen LogP contribution is 2.08. The third-order valence-corrected chi connectivity index (χ3v) is 3.17. The van der Waals surface area contributed by atoms with E-state index in [2.05, 4.69) is 10.1 Å². The zero-order valence-electron chi connectivity index (χ0n) is 10.7. The number of carbonyl (C=O) groups excluding carboxylic acids is 1. The first-order valence-electron chi connectivity index (χ1n) is 5.79. The lowest BCUT2D eigenvalue weighted by Gasteiger charge is -1.99. The number of sulfonamides is 1. The molecule has 0 radical (unpaired) electrons. The number of H-pyrrole nitrogens is 1. The lowest BCUT2D eigenvalue weighted by Crippen LogP contribution is -2.30. The van der Waals surface area contributed by atoms with Crippen LogP contribution in [0.3, 0.4) is 0 Å². The number of hydrogen-bond donors (Lipinski definition) is 3. The number of nitrogens with zero attached hydrogens (tertiary/aromatic N) is 1. The van der Waals surface area contributed by atoms with Crippen molar-refractivity contribution in [2.24, 2.45) is 10.2 Å². The number of nitrogens with two attached hydrogens (primary N) is 1. The summed E-state index contributed by atoms with van der Waals surface area (Å²) in [5, 5.41) is 9.04. The lowest BCUT2D eigenvalue weighted by molar-refractivity contribution is -0.118.